The molecule has 0 saturated carbocycles. The average molecular weight is 272 g/mol. The summed E-state index contributed by atoms with van der Waals surface area (Å²) in [5.74, 6) is 0.0886. The zero-order chi connectivity index (χ0) is 13.9. The van der Waals surface area contributed by atoms with Gasteiger partial charge in [-0.25, -0.2) is 0 Å². The van der Waals surface area contributed by atoms with Crippen LogP contribution in [0.3, 0.4) is 0 Å². The largest absolute Gasteiger partial charge is 0.360 e. The van der Waals surface area contributed by atoms with Crippen LogP contribution in [-0.4, -0.2) is 46.5 Å². The van der Waals surface area contributed by atoms with E-state index in [2.05, 4.69) is 27.1 Å². The summed E-state index contributed by atoms with van der Waals surface area (Å²) in [6.07, 6.45) is 7.04. The van der Waals surface area contributed by atoms with E-state index in [1.807, 2.05) is 12.3 Å². The molecular formula is C15H20N4O. The number of amides is 1. The molecule has 1 aliphatic rings. The van der Waals surface area contributed by atoms with Crippen molar-refractivity contribution in [3.63, 3.8) is 0 Å². The van der Waals surface area contributed by atoms with Crippen LogP contribution in [0.1, 0.15) is 18.9 Å². The van der Waals surface area contributed by atoms with Crippen LogP contribution in [0.4, 0.5) is 0 Å². The number of aromatic amines is 1. The van der Waals surface area contributed by atoms with Crippen LogP contribution in [0, 0.1) is 0 Å². The molecule has 1 unspecified atom stereocenters. The first-order chi connectivity index (χ1) is 9.78. The van der Waals surface area contributed by atoms with E-state index in [0.29, 0.717) is 12.5 Å². The Hall–Kier alpha value is -1.88. The molecule has 3 heterocycles. The van der Waals surface area contributed by atoms with Gasteiger partial charge in [0.25, 0.3) is 0 Å². The molecule has 0 radical (unpaired) electrons. The number of likely N-dealkylation sites (N-methyl/N-ethyl adjacent to an activating group) is 1. The summed E-state index contributed by atoms with van der Waals surface area (Å²) < 4.78 is 0. The van der Waals surface area contributed by atoms with E-state index in [1.165, 1.54) is 6.42 Å². The van der Waals surface area contributed by atoms with Crippen molar-refractivity contribution >= 4 is 16.8 Å². The second-order valence-corrected chi connectivity index (χ2v) is 5.29. The molecule has 2 N–H and O–H groups in total. The molecule has 5 heteroatoms. The highest BCUT2D eigenvalue weighted by Crippen LogP contribution is 2.17. The van der Waals surface area contributed by atoms with E-state index in [9.17, 15) is 4.79 Å². The van der Waals surface area contributed by atoms with Gasteiger partial charge < -0.3 is 10.3 Å². The van der Waals surface area contributed by atoms with Gasteiger partial charge in [0, 0.05) is 36.9 Å². The van der Waals surface area contributed by atoms with Gasteiger partial charge in [-0.05, 0) is 24.6 Å². The summed E-state index contributed by atoms with van der Waals surface area (Å²) in [6.45, 7) is 5.15. The minimum atomic E-state index is 0.0886. The fourth-order valence-corrected chi connectivity index (χ4v) is 2.79. The molecule has 1 amide bonds. The summed E-state index contributed by atoms with van der Waals surface area (Å²) in [5, 5.41) is 4.12. The zero-order valence-electron chi connectivity index (χ0n) is 11.7. The minimum Gasteiger partial charge on any atom is -0.360 e. The summed E-state index contributed by atoms with van der Waals surface area (Å²) in [5.41, 5.74) is 2.01. The predicted molar refractivity (Wildman–Crippen MR) is 78.5 cm³/mol. The fraction of sp³-hybridized carbons (Fsp3) is 0.467. The van der Waals surface area contributed by atoms with Gasteiger partial charge in [0.15, 0.2) is 0 Å². The third-order valence-electron chi connectivity index (χ3n) is 4.13. The van der Waals surface area contributed by atoms with Crippen molar-refractivity contribution in [1.82, 2.24) is 20.2 Å². The van der Waals surface area contributed by atoms with E-state index in [1.54, 1.807) is 12.4 Å². The van der Waals surface area contributed by atoms with E-state index in [4.69, 9.17) is 0 Å². The summed E-state index contributed by atoms with van der Waals surface area (Å²) in [6, 6.07) is 2.47. The number of nitrogens with one attached hydrogen (secondary N) is 2. The van der Waals surface area contributed by atoms with Gasteiger partial charge in [-0.3, -0.25) is 14.7 Å². The lowest BCUT2D eigenvalue weighted by Crippen LogP contribution is -2.53. The van der Waals surface area contributed by atoms with Crippen molar-refractivity contribution in [1.29, 1.82) is 0 Å². The van der Waals surface area contributed by atoms with Gasteiger partial charge in [0.2, 0.25) is 5.91 Å². The van der Waals surface area contributed by atoms with Crippen LogP contribution < -0.4 is 5.32 Å². The number of fused-ring (bicyclic) bond motifs is 1. The third kappa shape index (κ3) is 2.54. The van der Waals surface area contributed by atoms with E-state index in [-0.39, 0.29) is 5.91 Å². The molecule has 2 aromatic rings. The van der Waals surface area contributed by atoms with E-state index < -0.39 is 0 Å². The smallest absolute Gasteiger partial charge is 0.224 e. The topological polar surface area (TPSA) is 61.0 Å². The molecule has 0 aromatic carbocycles. The molecule has 0 aliphatic carbocycles. The minimum absolute atomic E-state index is 0.0886. The van der Waals surface area contributed by atoms with Crippen LogP contribution in [0.2, 0.25) is 0 Å². The van der Waals surface area contributed by atoms with Crippen molar-refractivity contribution in [2.45, 2.75) is 25.8 Å². The molecule has 1 saturated heterocycles. The fourth-order valence-electron chi connectivity index (χ4n) is 2.79. The number of hydrogen-bond donors (Lipinski definition) is 2. The predicted octanol–water partition coefficient (Wildman–Crippen LogP) is 1.32. The number of aromatic nitrogens is 2. The maximum Gasteiger partial charge on any atom is 0.224 e. The molecule has 1 fully saturated rings. The molecule has 1 atom stereocenters. The number of hydrogen-bond acceptors (Lipinski definition) is 3. The first-order valence-electron chi connectivity index (χ1n) is 7.18. The normalized spacial score (nSPS) is 18.9. The second kappa shape index (κ2) is 5.63. The Kier molecular flexibility index (Phi) is 3.69. The van der Waals surface area contributed by atoms with Crippen molar-refractivity contribution in [3.8, 4) is 0 Å². The number of nitrogens with zero attached hydrogens (tertiary/aromatic N) is 2. The van der Waals surface area contributed by atoms with Crippen molar-refractivity contribution < 1.29 is 4.79 Å². The quantitative estimate of drug-likeness (QED) is 0.863. The Morgan fingerprint density at radius 3 is 3.25 bits per heavy atom. The molecule has 1 aliphatic heterocycles. The van der Waals surface area contributed by atoms with Gasteiger partial charge >= 0.3 is 0 Å². The molecular weight excluding hydrogens is 252 g/mol. The molecule has 5 nitrogen and oxygen atoms in total. The molecule has 20 heavy (non-hydrogen) atoms. The van der Waals surface area contributed by atoms with Crippen molar-refractivity contribution in [3.05, 3.63) is 30.2 Å². The number of H-pyrrole nitrogens is 1. The first kappa shape index (κ1) is 13.1. The van der Waals surface area contributed by atoms with E-state index >= 15 is 0 Å². The Morgan fingerprint density at radius 1 is 1.60 bits per heavy atom. The van der Waals surface area contributed by atoms with Gasteiger partial charge in [0.05, 0.1) is 18.1 Å². The standard InChI is InChI=1S/C15H20N4O/c1-2-19-6-4-12(19)9-18-15(20)7-11-8-17-14-10-16-5-3-13(11)14/h3,5,8,10,12,17H,2,4,6-7,9H2,1H3,(H,18,20). The SMILES string of the molecule is CCN1CCC1CNC(=O)Cc1c[nH]c2cnccc12. The van der Waals surface area contributed by atoms with Crippen LogP contribution in [0.5, 0.6) is 0 Å². The second-order valence-electron chi connectivity index (χ2n) is 5.29. The molecule has 0 bridgehead atoms. The van der Waals surface area contributed by atoms with Crippen LogP contribution >= 0.6 is 0 Å². The number of likely N-dealkylation sites (tertiary alicyclic amines) is 1. The molecule has 0 spiro atoms. The number of pyridine rings is 1. The lowest BCUT2D eigenvalue weighted by molar-refractivity contribution is -0.120. The molecule has 3 rings (SSSR count). The van der Waals surface area contributed by atoms with Crippen molar-refractivity contribution in [2.24, 2.45) is 0 Å². The van der Waals surface area contributed by atoms with Crippen molar-refractivity contribution in [2.75, 3.05) is 19.6 Å². The summed E-state index contributed by atoms with van der Waals surface area (Å²) in [7, 11) is 0. The Bertz CT molecular complexity index is 605. The van der Waals surface area contributed by atoms with Crippen LogP contribution in [0.15, 0.2) is 24.7 Å². The third-order valence-corrected chi connectivity index (χ3v) is 4.13. The van der Waals surface area contributed by atoms with Gasteiger partial charge in [-0.2, -0.15) is 0 Å². The summed E-state index contributed by atoms with van der Waals surface area (Å²) in [4.78, 5) is 21.6. The highest BCUT2D eigenvalue weighted by Gasteiger charge is 2.26. The maximum absolute atomic E-state index is 12.0. The van der Waals surface area contributed by atoms with Gasteiger partial charge in [0.1, 0.15) is 0 Å². The van der Waals surface area contributed by atoms with Gasteiger partial charge in [-0.1, -0.05) is 6.92 Å². The lowest BCUT2D eigenvalue weighted by Gasteiger charge is -2.40. The van der Waals surface area contributed by atoms with Crippen LogP contribution in [-0.2, 0) is 11.2 Å². The summed E-state index contributed by atoms with van der Waals surface area (Å²) >= 11 is 0. The Morgan fingerprint density at radius 2 is 2.50 bits per heavy atom. The highest BCUT2D eigenvalue weighted by atomic mass is 16.1. The zero-order valence-corrected chi connectivity index (χ0v) is 11.7. The lowest BCUT2D eigenvalue weighted by atomic mass is 10.0. The number of carbonyl (C=O) groups is 1. The number of rotatable bonds is 5. The van der Waals surface area contributed by atoms with Gasteiger partial charge in [-0.15, -0.1) is 0 Å². The number of carbonyl (C=O) groups excluding carboxylic acids is 1. The molecule has 2 aromatic heterocycles. The highest BCUT2D eigenvalue weighted by molar-refractivity contribution is 5.88. The Balaban J connectivity index is 1.56. The molecule has 106 valence electrons. The Labute approximate surface area is 118 Å². The average Bonchev–Trinajstić information content (AvgIpc) is 2.82. The van der Waals surface area contributed by atoms with E-state index in [0.717, 1.165) is 36.1 Å². The van der Waals surface area contributed by atoms with Crippen LogP contribution in [0.25, 0.3) is 10.9 Å². The monoisotopic (exact) mass is 272 g/mol. The first-order valence-corrected chi connectivity index (χ1v) is 7.18. The maximum atomic E-state index is 12.0.